The lowest BCUT2D eigenvalue weighted by Gasteiger charge is -2.04. The zero-order valence-corrected chi connectivity index (χ0v) is 17.9. The molecule has 0 aliphatic carbocycles. The van der Waals surface area contributed by atoms with Gasteiger partial charge in [-0.1, -0.05) is 6.07 Å². The molecule has 4 aromatic heterocycles. The van der Waals surface area contributed by atoms with Crippen LogP contribution in [0.15, 0.2) is 67.4 Å². The topological polar surface area (TPSA) is 222 Å². The molecule has 174 valence electrons. The van der Waals surface area contributed by atoms with Crippen LogP contribution in [0, 0.1) is 0 Å². The fourth-order valence-corrected chi connectivity index (χ4v) is 2.43. The van der Waals surface area contributed by atoms with Gasteiger partial charge in [0, 0.05) is 30.4 Å². The molecule has 4 heterocycles. The lowest BCUT2D eigenvalue weighted by atomic mass is 10.1. The largest absolute Gasteiger partial charge is 0.394 e. The predicted molar refractivity (Wildman–Crippen MR) is 112 cm³/mol. The number of carbonyl (C=O) groups excluding carboxylic acids is 1. The quantitative estimate of drug-likeness (QED) is 0.230. The molecular formula is C17H15N5O9S2. The molecule has 4 rings (SSSR count). The average Bonchev–Trinajstić information content (AvgIpc) is 3.16. The minimum atomic E-state index is -4.67. The number of hydrogen-bond donors (Lipinski definition) is 4. The monoisotopic (exact) mass is 497 g/mol. The van der Waals surface area contributed by atoms with Gasteiger partial charge in [0.05, 0.1) is 17.5 Å². The fraction of sp³-hybridized carbons (Fsp3) is 0. The van der Waals surface area contributed by atoms with Gasteiger partial charge in [0.15, 0.2) is 5.65 Å². The number of nitrogens with zero attached hydrogens (tertiary/aromatic N) is 5. The summed E-state index contributed by atoms with van der Waals surface area (Å²) >= 11 is 0. The van der Waals surface area contributed by atoms with Gasteiger partial charge in [0.1, 0.15) is 5.69 Å². The molecule has 0 aliphatic rings. The predicted octanol–water partition coefficient (Wildman–Crippen LogP) is 1.11. The Morgan fingerprint density at radius 3 is 1.94 bits per heavy atom. The molecule has 0 unspecified atom stereocenters. The molecule has 14 nitrogen and oxygen atoms in total. The Morgan fingerprint density at radius 2 is 1.39 bits per heavy atom. The smallest absolute Gasteiger partial charge is 0.287 e. The highest BCUT2D eigenvalue weighted by Crippen LogP contribution is 2.21. The van der Waals surface area contributed by atoms with E-state index >= 15 is 0 Å². The Balaban J connectivity index is 0.000000327. The number of hydrogen-bond acceptors (Lipinski definition) is 9. The van der Waals surface area contributed by atoms with Crippen LogP contribution in [0.3, 0.4) is 0 Å². The Bertz CT molecular complexity index is 1400. The van der Waals surface area contributed by atoms with E-state index in [1.54, 1.807) is 47.5 Å². The van der Waals surface area contributed by atoms with E-state index in [-0.39, 0.29) is 5.78 Å². The molecule has 0 aromatic carbocycles. The maximum Gasteiger partial charge on any atom is 0.394 e. The van der Waals surface area contributed by atoms with Crippen LogP contribution in [-0.2, 0) is 20.8 Å². The Morgan fingerprint density at radius 1 is 0.788 bits per heavy atom. The molecular weight excluding hydrogens is 482 g/mol. The first kappa shape index (κ1) is 25.6. The molecule has 0 radical (unpaired) electrons. The number of rotatable bonds is 3. The van der Waals surface area contributed by atoms with Crippen molar-refractivity contribution < 1.29 is 39.8 Å². The molecule has 0 saturated heterocycles. The van der Waals surface area contributed by atoms with E-state index in [4.69, 9.17) is 35.0 Å². The van der Waals surface area contributed by atoms with Gasteiger partial charge in [0.25, 0.3) is 0 Å². The van der Waals surface area contributed by atoms with Crippen molar-refractivity contribution in [2.45, 2.75) is 0 Å². The van der Waals surface area contributed by atoms with Gasteiger partial charge in [-0.3, -0.25) is 33.0 Å². The van der Waals surface area contributed by atoms with Crippen LogP contribution in [0.1, 0.15) is 16.1 Å². The Labute approximate surface area is 186 Å². The molecule has 33 heavy (non-hydrogen) atoms. The summed E-state index contributed by atoms with van der Waals surface area (Å²) in [4.78, 5) is 25.0. The molecule has 0 atom stereocenters. The molecule has 0 amide bonds. The lowest BCUT2D eigenvalue weighted by Crippen LogP contribution is -2.04. The van der Waals surface area contributed by atoms with Crippen LogP contribution in [-0.4, -0.2) is 65.4 Å². The molecule has 0 fully saturated rings. The van der Waals surface area contributed by atoms with Crippen LogP contribution < -0.4 is 0 Å². The molecule has 0 bridgehead atoms. The summed E-state index contributed by atoms with van der Waals surface area (Å²) in [7, 11) is -9.33. The van der Waals surface area contributed by atoms with Crippen LogP contribution in [0.25, 0.3) is 16.9 Å². The second-order valence-electron chi connectivity index (χ2n) is 5.80. The SMILES string of the molecule is O=C(c1ccccn1)c1cnn2c(-c3ccncc3)ccnc12.O=S(=O)(O)O.O=S(=O)(O)O. The third-order valence-electron chi connectivity index (χ3n) is 3.52. The van der Waals surface area contributed by atoms with Crippen molar-refractivity contribution in [3.05, 3.63) is 78.6 Å². The number of fused-ring (bicyclic) bond motifs is 1. The zero-order valence-electron chi connectivity index (χ0n) is 16.2. The van der Waals surface area contributed by atoms with Crippen molar-refractivity contribution in [2.24, 2.45) is 0 Å². The van der Waals surface area contributed by atoms with E-state index in [2.05, 4.69) is 20.1 Å². The summed E-state index contributed by atoms with van der Waals surface area (Å²) in [6.07, 6.45) is 8.22. The van der Waals surface area contributed by atoms with Gasteiger partial charge in [-0.25, -0.2) is 9.50 Å². The van der Waals surface area contributed by atoms with Gasteiger partial charge in [-0.15, -0.1) is 0 Å². The standard InChI is InChI=1S/C17H11N5O.2H2O4S/c23-16(14-3-1-2-7-19-14)13-11-21-22-15(6-10-20-17(13)22)12-4-8-18-9-5-12;2*1-5(2,3)4/h1-11H;2*(H2,1,2,3,4). The van der Waals surface area contributed by atoms with Crippen molar-refractivity contribution in [2.75, 3.05) is 0 Å². The Hall–Kier alpha value is -3.67. The summed E-state index contributed by atoms with van der Waals surface area (Å²) in [6, 6.07) is 10.9. The second-order valence-corrected chi connectivity index (χ2v) is 7.59. The summed E-state index contributed by atoms with van der Waals surface area (Å²) in [6.45, 7) is 0. The van der Waals surface area contributed by atoms with E-state index in [9.17, 15) is 4.79 Å². The summed E-state index contributed by atoms with van der Waals surface area (Å²) in [5.41, 5.74) is 3.11. The molecule has 0 aliphatic heterocycles. The van der Waals surface area contributed by atoms with E-state index in [0.717, 1.165) is 11.3 Å². The van der Waals surface area contributed by atoms with Gasteiger partial charge in [0.2, 0.25) is 5.78 Å². The molecule has 4 aromatic rings. The molecule has 16 heteroatoms. The van der Waals surface area contributed by atoms with Crippen LogP contribution in [0.4, 0.5) is 0 Å². The van der Waals surface area contributed by atoms with Crippen molar-refractivity contribution in [3.8, 4) is 11.3 Å². The van der Waals surface area contributed by atoms with E-state index in [0.29, 0.717) is 16.9 Å². The minimum Gasteiger partial charge on any atom is -0.287 e. The summed E-state index contributed by atoms with van der Waals surface area (Å²) in [5, 5.41) is 4.33. The van der Waals surface area contributed by atoms with Gasteiger partial charge >= 0.3 is 20.8 Å². The molecule has 4 N–H and O–H groups in total. The first-order chi connectivity index (χ1) is 15.3. The van der Waals surface area contributed by atoms with Gasteiger partial charge < -0.3 is 0 Å². The van der Waals surface area contributed by atoms with Gasteiger partial charge in [-0.2, -0.15) is 21.9 Å². The fourth-order valence-electron chi connectivity index (χ4n) is 2.43. The van der Waals surface area contributed by atoms with Crippen LogP contribution in [0.5, 0.6) is 0 Å². The van der Waals surface area contributed by atoms with E-state index in [1.165, 1.54) is 6.20 Å². The molecule has 0 saturated carbocycles. The highest BCUT2D eigenvalue weighted by Gasteiger charge is 2.18. The van der Waals surface area contributed by atoms with Crippen LogP contribution >= 0.6 is 0 Å². The van der Waals surface area contributed by atoms with Gasteiger partial charge in [-0.05, 0) is 30.3 Å². The molecule has 0 spiro atoms. The zero-order chi connectivity index (χ0) is 24.6. The first-order valence-corrected chi connectivity index (χ1v) is 11.2. The Kier molecular flexibility index (Phi) is 8.35. The first-order valence-electron chi connectivity index (χ1n) is 8.43. The third kappa shape index (κ3) is 8.77. The lowest BCUT2D eigenvalue weighted by molar-refractivity contribution is 0.103. The maximum atomic E-state index is 12.6. The second kappa shape index (κ2) is 10.8. The van der Waals surface area contributed by atoms with E-state index < -0.39 is 20.8 Å². The number of carbonyl (C=O) groups is 1. The highest BCUT2D eigenvalue weighted by molar-refractivity contribution is 7.80. The summed E-state index contributed by atoms with van der Waals surface area (Å²) < 4.78 is 64.8. The number of aromatic nitrogens is 5. The van der Waals surface area contributed by atoms with Crippen molar-refractivity contribution in [1.29, 1.82) is 0 Å². The minimum absolute atomic E-state index is 0.194. The number of ketones is 1. The van der Waals surface area contributed by atoms with Crippen molar-refractivity contribution >= 4 is 32.2 Å². The highest BCUT2D eigenvalue weighted by atomic mass is 32.3. The average molecular weight is 497 g/mol. The van der Waals surface area contributed by atoms with Crippen molar-refractivity contribution in [1.82, 2.24) is 24.6 Å². The maximum absolute atomic E-state index is 12.6. The summed E-state index contributed by atoms with van der Waals surface area (Å²) in [5.74, 6) is -0.194. The number of pyridine rings is 2. The van der Waals surface area contributed by atoms with Crippen molar-refractivity contribution in [3.63, 3.8) is 0 Å². The third-order valence-corrected chi connectivity index (χ3v) is 3.52. The van der Waals surface area contributed by atoms with Crippen LogP contribution in [0.2, 0.25) is 0 Å². The van der Waals surface area contributed by atoms with E-state index in [1.807, 2.05) is 18.2 Å². The normalized spacial score (nSPS) is 11.0.